The summed E-state index contributed by atoms with van der Waals surface area (Å²) in [4.78, 5) is 4.33. The SMILES string of the molecule is NCc1nc(-c2ccc(F)c(Cl)c2)sc1Br. The molecular formula is C10H7BrClFN2S. The number of aromatic nitrogens is 1. The van der Waals surface area contributed by atoms with Crippen molar-refractivity contribution in [2.45, 2.75) is 6.54 Å². The second-order valence-corrected chi connectivity index (χ2v) is 5.80. The number of nitrogens with two attached hydrogens (primary N) is 1. The number of thiazole rings is 1. The zero-order chi connectivity index (χ0) is 11.7. The van der Waals surface area contributed by atoms with E-state index in [0.717, 1.165) is 20.1 Å². The van der Waals surface area contributed by atoms with Gasteiger partial charge in [-0.1, -0.05) is 11.6 Å². The number of rotatable bonds is 2. The lowest BCUT2D eigenvalue weighted by Crippen LogP contribution is -1.96. The van der Waals surface area contributed by atoms with Gasteiger partial charge < -0.3 is 5.73 Å². The first-order valence-corrected chi connectivity index (χ1v) is 6.41. The van der Waals surface area contributed by atoms with Crippen molar-refractivity contribution in [1.82, 2.24) is 4.98 Å². The molecule has 1 heterocycles. The number of halogens is 3. The molecule has 0 atom stereocenters. The highest BCUT2D eigenvalue weighted by Crippen LogP contribution is 2.33. The van der Waals surface area contributed by atoms with Gasteiger partial charge in [-0.2, -0.15) is 0 Å². The summed E-state index contributed by atoms with van der Waals surface area (Å²) in [5.74, 6) is -0.430. The molecule has 0 saturated carbocycles. The molecule has 1 aromatic heterocycles. The van der Waals surface area contributed by atoms with E-state index >= 15 is 0 Å². The van der Waals surface area contributed by atoms with Crippen LogP contribution >= 0.6 is 38.9 Å². The molecule has 2 aromatic rings. The van der Waals surface area contributed by atoms with Crippen molar-refractivity contribution in [1.29, 1.82) is 0 Å². The maximum atomic E-state index is 13.0. The Kier molecular flexibility index (Phi) is 3.59. The Morgan fingerprint density at radius 3 is 2.81 bits per heavy atom. The average molecular weight is 322 g/mol. The first-order valence-electron chi connectivity index (χ1n) is 4.42. The van der Waals surface area contributed by atoms with Crippen LogP contribution < -0.4 is 5.73 Å². The Labute approximate surface area is 109 Å². The molecule has 84 valence electrons. The van der Waals surface area contributed by atoms with Crippen LogP contribution in [0.1, 0.15) is 5.69 Å². The van der Waals surface area contributed by atoms with Gasteiger partial charge in [-0.15, -0.1) is 11.3 Å². The third-order valence-corrected chi connectivity index (χ3v) is 4.18. The predicted octanol–water partition coefficient (Wildman–Crippen LogP) is 3.82. The molecule has 2 N–H and O–H groups in total. The minimum Gasteiger partial charge on any atom is -0.325 e. The standard InChI is InChI=1S/C10H7BrClFN2S/c11-9-8(4-14)15-10(16-9)5-1-2-7(13)6(12)3-5/h1-3H,4,14H2. The van der Waals surface area contributed by atoms with Crippen molar-refractivity contribution < 1.29 is 4.39 Å². The van der Waals surface area contributed by atoms with Crippen molar-refractivity contribution in [3.63, 3.8) is 0 Å². The van der Waals surface area contributed by atoms with Gasteiger partial charge in [0.05, 0.1) is 14.5 Å². The maximum absolute atomic E-state index is 13.0. The van der Waals surface area contributed by atoms with E-state index in [9.17, 15) is 4.39 Å². The lowest BCUT2D eigenvalue weighted by atomic mass is 10.2. The van der Waals surface area contributed by atoms with Gasteiger partial charge in [0.15, 0.2) is 0 Å². The molecular weight excluding hydrogens is 315 g/mol. The molecule has 6 heteroatoms. The van der Waals surface area contributed by atoms with Crippen molar-refractivity contribution in [3.8, 4) is 10.6 Å². The van der Waals surface area contributed by atoms with Crippen LogP contribution in [0.15, 0.2) is 22.0 Å². The normalized spacial score (nSPS) is 10.8. The minimum atomic E-state index is -0.430. The minimum absolute atomic E-state index is 0.0955. The summed E-state index contributed by atoms with van der Waals surface area (Å²) >= 11 is 10.5. The van der Waals surface area contributed by atoms with E-state index in [2.05, 4.69) is 20.9 Å². The molecule has 0 fully saturated rings. The van der Waals surface area contributed by atoms with Crippen LogP contribution in [-0.4, -0.2) is 4.98 Å². The Morgan fingerprint density at radius 2 is 2.25 bits per heavy atom. The van der Waals surface area contributed by atoms with Crippen molar-refractivity contribution in [2.24, 2.45) is 5.73 Å². The summed E-state index contributed by atoms with van der Waals surface area (Å²) < 4.78 is 13.9. The molecule has 0 radical (unpaired) electrons. The zero-order valence-electron chi connectivity index (χ0n) is 8.01. The summed E-state index contributed by atoms with van der Waals surface area (Å²) in [6.45, 7) is 0.367. The number of nitrogens with zero attached hydrogens (tertiary/aromatic N) is 1. The Morgan fingerprint density at radius 1 is 1.50 bits per heavy atom. The number of hydrogen-bond acceptors (Lipinski definition) is 3. The molecule has 2 rings (SSSR count). The summed E-state index contributed by atoms with van der Waals surface area (Å²) in [6.07, 6.45) is 0. The molecule has 0 amide bonds. The Balaban J connectivity index is 2.46. The van der Waals surface area contributed by atoms with E-state index in [0.29, 0.717) is 6.54 Å². The smallest absolute Gasteiger partial charge is 0.141 e. The number of benzene rings is 1. The van der Waals surface area contributed by atoms with Crippen molar-refractivity contribution in [3.05, 3.63) is 38.5 Å². The van der Waals surface area contributed by atoms with Gasteiger partial charge in [0.25, 0.3) is 0 Å². The largest absolute Gasteiger partial charge is 0.325 e. The summed E-state index contributed by atoms with van der Waals surface area (Å²) in [5, 5.41) is 0.868. The maximum Gasteiger partial charge on any atom is 0.141 e. The van der Waals surface area contributed by atoms with Gasteiger partial charge >= 0.3 is 0 Å². The highest BCUT2D eigenvalue weighted by molar-refractivity contribution is 9.11. The fourth-order valence-electron chi connectivity index (χ4n) is 1.21. The molecule has 0 aliphatic rings. The summed E-state index contributed by atoms with van der Waals surface area (Å²) in [7, 11) is 0. The van der Waals surface area contributed by atoms with Crippen LogP contribution in [-0.2, 0) is 6.54 Å². The molecule has 0 aliphatic heterocycles. The van der Waals surface area contributed by atoms with E-state index in [4.69, 9.17) is 17.3 Å². The highest BCUT2D eigenvalue weighted by atomic mass is 79.9. The van der Waals surface area contributed by atoms with E-state index in [1.807, 2.05) is 0 Å². The highest BCUT2D eigenvalue weighted by Gasteiger charge is 2.10. The fraction of sp³-hybridized carbons (Fsp3) is 0.100. The van der Waals surface area contributed by atoms with E-state index in [-0.39, 0.29) is 5.02 Å². The van der Waals surface area contributed by atoms with E-state index < -0.39 is 5.82 Å². The zero-order valence-corrected chi connectivity index (χ0v) is 11.2. The van der Waals surface area contributed by atoms with Crippen LogP contribution in [0.2, 0.25) is 5.02 Å². The first-order chi connectivity index (χ1) is 7.61. The van der Waals surface area contributed by atoms with E-state index in [1.165, 1.54) is 17.4 Å². The molecule has 0 spiro atoms. The van der Waals surface area contributed by atoms with Gasteiger partial charge in [0.2, 0.25) is 0 Å². The molecule has 0 aliphatic carbocycles. The van der Waals surface area contributed by atoms with Gasteiger partial charge in [0.1, 0.15) is 10.8 Å². The van der Waals surface area contributed by atoms with Gasteiger partial charge in [-0.3, -0.25) is 0 Å². The second-order valence-electron chi connectivity index (χ2n) is 3.07. The molecule has 2 nitrogen and oxygen atoms in total. The molecule has 0 unspecified atom stereocenters. The lowest BCUT2D eigenvalue weighted by molar-refractivity contribution is 0.628. The Hall–Kier alpha value is -0.490. The van der Waals surface area contributed by atoms with E-state index in [1.54, 1.807) is 12.1 Å². The quantitative estimate of drug-likeness (QED) is 0.913. The Bertz CT molecular complexity index is 530. The average Bonchev–Trinajstić information content (AvgIpc) is 2.64. The van der Waals surface area contributed by atoms with Gasteiger partial charge in [-0.05, 0) is 34.1 Å². The lowest BCUT2D eigenvalue weighted by Gasteiger charge is -1.97. The predicted molar refractivity (Wildman–Crippen MR) is 68.1 cm³/mol. The molecule has 0 bridgehead atoms. The van der Waals surface area contributed by atoms with Crippen molar-refractivity contribution in [2.75, 3.05) is 0 Å². The van der Waals surface area contributed by atoms with Crippen LogP contribution in [0, 0.1) is 5.82 Å². The number of hydrogen-bond donors (Lipinski definition) is 1. The molecule has 16 heavy (non-hydrogen) atoms. The second kappa shape index (κ2) is 4.79. The summed E-state index contributed by atoms with van der Waals surface area (Å²) in [5.41, 5.74) is 7.10. The van der Waals surface area contributed by atoms with Gasteiger partial charge in [-0.25, -0.2) is 9.37 Å². The van der Waals surface area contributed by atoms with Crippen LogP contribution in [0.5, 0.6) is 0 Å². The fourth-order valence-corrected chi connectivity index (χ4v) is 2.92. The monoisotopic (exact) mass is 320 g/mol. The summed E-state index contributed by atoms with van der Waals surface area (Å²) in [6, 6.07) is 4.53. The topological polar surface area (TPSA) is 38.9 Å². The van der Waals surface area contributed by atoms with Crippen molar-refractivity contribution >= 4 is 38.9 Å². The molecule has 0 saturated heterocycles. The third kappa shape index (κ3) is 2.27. The van der Waals surface area contributed by atoms with Gasteiger partial charge in [0, 0.05) is 12.1 Å². The third-order valence-electron chi connectivity index (χ3n) is 2.01. The van der Waals surface area contributed by atoms with Crippen LogP contribution in [0.4, 0.5) is 4.39 Å². The van der Waals surface area contributed by atoms with Crippen LogP contribution in [0.25, 0.3) is 10.6 Å². The first kappa shape index (κ1) is 12.0. The molecule has 1 aromatic carbocycles. The van der Waals surface area contributed by atoms with Crippen LogP contribution in [0.3, 0.4) is 0 Å².